The molecule has 1 aliphatic carbocycles. The maximum atomic E-state index is 12.6. The van der Waals surface area contributed by atoms with E-state index in [9.17, 15) is 13.2 Å². The molecule has 0 aliphatic heterocycles. The predicted molar refractivity (Wildman–Crippen MR) is 100 cm³/mol. The summed E-state index contributed by atoms with van der Waals surface area (Å²) < 4.78 is 24.6. The highest BCUT2D eigenvalue weighted by molar-refractivity contribution is 7.88. The summed E-state index contributed by atoms with van der Waals surface area (Å²) in [6, 6.07) is 12.0. The van der Waals surface area contributed by atoms with Crippen molar-refractivity contribution in [3.63, 3.8) is 0 Å². The van der Waals surface area contributed by atoms with Crippen LogP contribution in [0.25, 0.3) is 0 Å². The first kappa shape index (κ1) is 18.1. The summed E-state index contributed by atoms with van der Waals surface area (Å²) in [4.78, 5) is 14.2. The average Bonchev–Trinajstić information content (AvgIpc) is 3.03. The van der Waals surface area contributed by atoms with E-state index in [4.69, 9.17) is 0 Å². The molecule has 7 heteroatoms. The fourth-order valence-corrected chi connectivity index (χ4v) is 4.51. The van der Waals surface area contributed by atoms with E-state index in [-0.39, 0.29) is 11.9 Å². The van der Waals surface area contributed by atoms with Gasteiger partial charge in [-0.15, -0.1) is 11.3 Å². The van der Waals surface area contributed by atoms with Crippen molar-refractivity contribution < 1.29 is 13.2 Å². The van der Waals surface area contributed by atoms with Crippen molar-refractivity contribution in [2.45, 2.75) is 31.7 Å². The zero-order valence-electron chi connectivity index (χ0n) is 14.1. The summed E-state index contributed by atoms with van der Waals surface area (Å²) in [6.45, 7) is 0.344. The van der Waals surface area contributed by atoms with Gasteiger partial charge in [0.2, 0.25) is 10.0 Å². The number of rotatable bonds is 6. The topological polar surface area (TPSA) is 75.3 Å². The minimum absolute atomic E-state index is 0.0611. The monoisotopic (exact) mass is 378 g/mol. The molecule has 0 unspecified atom stereocenters. The molecule has 1 amide bonds. The van der Waals surface area contributed by atoms with Crippen molar-refractivity contribution in [2.75, 3.05) is 12.8 Å². The lowest BCUT2D eigenvalue weighted by atomic mass is 9.88. The number of carbonyl (C=O) groups excluding carboxylic acids is 1. The van der Waals surface area contributed by atoms with Gasteiger partial charge in [0.05, 0.1) is 17.2 Å². The van der Waals surface area contributed by atoms with Crippen LogP contribution in [-0.4, -0.2) is 27.1 Å². The van der Waals surface area contributed by atoms with Crippen molar-refractivity contribution >= 4 is 27.3 Å². The lowest BCUT2D eigenvalue weighted by Crippen LogP contribution is -2.30. The maximum Gasteiger partial charge on any atom is 0.261 e. The third kappa shape index (κ3) is 4.90. The Morgan fingerprint density at radius 3 is 2.84 bits per heavy atom. The van der Waals surface area contributed by atoms with Gasteiger partial charge in [0.1, 0.15) is 0 Å². The van der Waals surface area contributed by atoms with Crippen molar-refractivity contribution in [3.05, 3.63) is 57.3 Å². The molecule has 1 aliphatic rings. The molecule has 2 aromatic rings. The first-order chi connectivity index (χ1) is 11.9. The summed E-state index contributed by atoms with van der Waals surface area (Å²) in [5, 5.41) is 3.15. The SMILES string of the molecule is CS(=O)(=O)NCCc1ccc(C(=O)N[C@@H]2CCCc3ccccc32)s1. The van der Waals surface area contributed by atoms with Crippen LogP contribution in [0.4, 0.5) is 0 Å². The van der Waals surface area contributed by atoms with Crippen molar-refractivity contribution in [1.82, 2.24) is 10.0 Å². The van der Waals surface area contributed by atoms with Gasteiger partial charge in [-0.05, 0) is 48.9 Å². The number of fused-ring (bicyclic) bond motifs is 1. The first-order valence-electron chi connectivity index (χ1n) is 8.34. The number of amides is 1. The molecule has 0 fully saturated rings. The Morgan fingerprint density at radius 2 is 2.04 bits per heavy atom. The van der Waals surface area contributed by atoms with Gasteiger partial charge in [0.15, 0.2) is 0 Å². The predicted octanol–water partition coefficient (Wildman–Crippen LogP) is 2.65. The van der Waals surface area contributed by atoms with Gasteiger partial charge in [0.25, 0.3) is 5.91 Å². The van der Waals surface area contributed by atoms with Gasteiger partial charge >= 0.3 is 0 Å². The Labute approximate surface area is 152 Å². The third-order valence-corrected chi connectivity index (χ3v) is 6.17. The molecule has 0 radical (unpaired) electrons. The molecule has 1 aromatic heterocycles. The first-order valence-corrected chi connectivity index (χ1v) is 11.1. The minimum Gasteiger partial charge on any atom is -0.345 e. The molecule has 1 atom stereocenters. The van der Waals surface area contributed by atoms with Crippen LogP contribution in [0, 0.1) is 0 Å². The minimum atomic E-state index is -3.18. The molecular weight excluding hydrogens is 356 g/mol. The van der Waals surface area contributed by atoms with Crippen molar-refractivity contribution in [1.29, 1.82) is 0 Å². The van der Waals surface area contributed by atoms with Crippen LogP contribution in [0.2, 0.25) is 0 Å². The van der Waals surface area contributed by atoms with E-state index < -0.39 is 10.0 Å². The Morgan fingerprint density at radius 1 is 1.24 bits per heavy atom. The fourth-order valence-electron chi connectivity index (χ4n) is 3.13. The zero-order valence-corrected chi connectivity index (χ0v) is 15.8. The molecule has 0 saturated heterocycles. The van der Waals surface area contributed by atoms with Gasteiger partial charge in [-0.2, -0.15) is 0 Å². The fraction of sp³-hybridized carbons (Fsp3) is 0.389. The number of benzene rings is 1. The lowest BCUT2D eigenvalue weighted by molar-refractivity contribution is 0.0937. The van der Waals surface area contributed by atoms with Crippen LogP contribution in [0.5, 0.6) is 0 Å². The highest BCUT2D eigenvalue weighted by Crippen LogP contribution is 2.30. The van der Waals surface area contributed by atoms with Crippen LogP contribution in [-0.2, 0) is 22.9 Å². The van der Waals surface area contributed by atoms with Gasteiger partial charge in [-0.1, -0.05) is 24.3 Å². The number of hydrogen-bond donors (Lipinski definition) is 2. The number of carbonyl (C=O) groups is 1. The molecule has 3 rings (SSSR count). The molecular formula is C18H22N2O3S2. The number of thiophene rings is 1. The van der Waals surface area contributed by atoms with Gasteiger partial charge in [-0.25, -0.2) is 13.1 Å². The van der Waals surface area contributed by atoms with E-state index in [1.165, 1.54) is 22.5 Å². The van der Waals surface area contributed by atoms with Crippen molar-refractivity contribution in [3.8, 4) is 0 Å². The smallest absolute Gasteiger partial charge is 0.261 e. The molecule has 25 heavy (non-hydrogen) atoms. The summed E-state index contributed by atoms with van der Waals surface area (Å²) in [7, 11) is -3.18. The quantitative estimate of drug-likeness (QED) is 0.811. The summed E-state index contributed by atoms with van der Waals surface area (Å²) >= 11 is 1.41. The molecule has 1 heterocycles. The Bertz CT molecular complexity index is 859. The van der Waals surface area contributed by atoms with Crippen LogP contribution in [0.3, 0.4) is 0 Å². The second kappa shape index (κ2) is 7.68. The van der Waals surface area contributed by atoms with E-state index in [2.05, 4.69) is 22.2 Å². The Balaban J connectivity index is 1.61. The van der Waals surface area contributed by atoms with Crippen LogP contribution in [0.1, 0.15) is 44.6 Å². The molecule has 2 N–H and O–H groups in total. The van der Waals surface area contributed by atoms with E-state index >= 15 is 0 Å². The van der Waals surface area contributed by atoms with E-state index in [1.54, 1.807) is 0 Å². The van der Waals surface area contributed by atoms with Crippen molar-refractivity contribution in [2.24, 2.45) is 0 Å². The molecule has 1 aromatic carbocycles. The molecule has 0 spiro atoms. The highest BCUT2D eigenvalue weighted by Gasteiger charge is 2.22. The largest absolute Gasteiger partial charge is 0.345 e. The van der Waals surface area contributed by atoms with E-state index in [0.717, 1.165) is 30.4 Å². The third-order valence-electron chi connectivity index (χ3n) is 4.30. The lowest BCUT2D eigenvalue weighted by Gasteiger charge is -2.26. The molecule has 5 nitrogen and oxygen atoms in total. The summed E-state index contributed by atoms with van der Waals surface area (Å²) in [5.41, 5.74) is 2.54. The summed E-state index contributed by atoms with van der Waals surface area (Å²) in [6.07, 6.45) is 4.83. The number of nitrogens with one attached hydrogen (secondary N) is 2. The number of aryl methyl sites for hydroxylation is 1. The normalized spacial score (nSPS) is 17.1. The Kier molecular flexibility index (Phi) is 5.56. The average molecular weight is 379 g/mol. The van der Waals surface area contributed by atoms with Crippen LogP contribution >= 0.6 is 11.3 Å². The highest BCUT2D eigenvalue weighted by atomic mass is 32.2. The molecule has 0 saturated carbocycles. The number of sulfonamides is 1. The van der Waals surface area contributed by atoms with Gasteiger partial charge in [-0.3, -0.25) is 4.79 Å². The summed E-state index contributed by atoms with van der Waals surface area (Å²) in [5.74, 6) is -0.0611. The Hall–Kier alpha value is -1.70. The second-order valence-corrected chi connectivity index (χ2v) is 9.30. The van der Waals surface area contributed by atoms with Crippen LogP contribution in [0.15, 0.2) is 36.4 Å². The van der Waals surface area contributed by atoms with Crippen LogP contribution < -0.4 is 10.0 Å². The second-order valence-electron chi connectivity index (χ2n) is 6.30. The zero-order chi connectivity index (χ0) is 17.9. The molecule has 134 valence electrons. The van der Waals surface area contributed by atoms with Gasteiger partial charge in [0, 0.05) is 11.4 Å². The maximum absolute atomic E-state index is 12.6. The molecule has 0 bridgehead atoms. The standard InChI is InChI=1S/C18H22N2O3S2/c1-25(22,23)19-12-11-14-9-10-17(24-14)18(21)20-16-8-4-6-13-5-2-3-7-15(13)16/h2-3,5,7,9-10,16,19H,4,6,8,11-12H2,1H3,(H,20,21)/t16-/m1/s1. The number of hydrogen-bond acceptors (Lipinski definition) is 4. The van der Waals surface area contributed by atoms with Gasteiger partial charge < -0.3 is 5.32 Å². The van der Waals surface area contributed by atoms with E-state index in [1.807, 2.05) is 24.3 Å². The van der Waals surface area contributed by atoms with E-state index in [0.29, 0.717) is 17.8 Å².